The Morgan fingerprint density at radius 3 is 0.952 bits per heavy atom. The molecule has 2 aliphatic carbocycles. The zero-order chi connectivity index (χ0) is 59.5. The lowest BCUT2D eigenvalue weighted by molar-refractivity contribution is -0.145. The number of nitrogens with zero attached hydrogens (tertiary/aromatic N) is 2. The van der Waals surface area contributed by atoms with E-state index in [-0.39, 0.29) is 42.2 Å². The van der Waals surface area contributed by atoms with Gasteiger partial charge in [0, 0.05) is 8.86 Å². The fraction of sp³-hybridized carbons (Fsp3) is 0.261. The molecule has 8 aromatic rings. The Balaban J connectivity index is 0.000000186. The molecule has 0 saturated heterocycles. The molecule has 0 amide bonds. The number of aliphatic carboxylic acids is 1. The summed E-state index contributed by atoms with van der Waals surface area (Å²) in [5.41, 5.74) is 11.7. The molecule has 2 saturated carbocycles. The largest absolute Gasteiger partial charge is 0.508 e. The first-order valence-electron chi connectivity index (χ1n) is 28.1. The molecule has 0 aliphatic heterocycles. The van der Waals surface area contributed by atoms with E-state index in [1.54, 1.807) is 60.7 Å². The van der Waals surface area contributed by atoms with Crippen LogP contribution in [0.2, 0.25) is 0 Å². The van der Waals surface area contributed by atoms with Crippen LogP contribution in [0.5, 0.6) is 34.5 Å². The fourth-order valence-corrected chi connectivity index (χ4v) is 9.68. The van der Waals surface area contributed by atoms with Gasteiger partial charge in [-0.15, -0.1) is 0 Å². The van der Waals surface area contributed by atoms with Gasteiger partial charge in [-0.25, -0.2) is 19.6 Å². The predicted molar refractivity (Wildman–Crippen MR) is 350 cm³/mol. The summed E-state index contributed by atoms with van der Waals surface area (Å²) in [6, 6.07) is 59.5. The van der Waals surface area contributed by atoms with E-state index in [1.807, 2.05) is 84.9 Å². The summed E-state index contributed by atoms with van der Waals surface area (Å²) >= 11 is 4.25. The number of benzene rings is 8. The first-order chi connectivity index (χ1) is 40.9. The van der Waals surface area contributed by atoms with Crippen molar-refractivity contribution in [3.63, 3.8) is 0 Å². The van der Waals surface area contributed by atoms with E-state index in [0.29, 0.717) is 36.8 Å². The third-order valence-electron chi connectivity index (χ3n) is 13.8. The van der Waals surface area contributed by atoms with Gasteiger partial charge >= 0.3 is 11.9 Å². The normalized spacial score (nSPS) is 12.9. The summed E-state index contributed by atoms with van der Waals surface area (Å²) in [6.07, 6.45) is 13.2. The van der Waals surface area contributed by atoms with Crippen molar-refractivity contribution in [2.45, 2.75) is 76.3 Å². The molecular weight excluding hydrogens is 1290 g/mol. The third-order valence-corrected chi connectivity index (χ3v) is 14.7. The number of esters is 1. The maximum absolute atomic E-state index is 11.7. The topological polar surface area (TPSA) is 208 Å². The average molecular weight is 1360 g/mol. The minimum absolute atomic E-state index is 0.128. The number of aromatic hydroxyl groups is 4. The highest BCUT2D eigenvalue weighted by molar-refractivity contribution is 14.1. The van der Waals surface area contributed by atoms with Crippen LogP contribution < -0.4 is 9.47 Å². The molecule has 0 aromatic heterocycles. The standard InChI is InChI=1S/C28H23IO5.C26H20O5.C13H22N2.C2H5IO/c29-13-14-33-28(32)18-34-27-11-5-21(6-12-27)24-16-22(19-1-7-25(30)8-2-19)15-23(17-24)20-3-9-26(31)10-4-20;27-23-7-1-17(2-8-23)20-13-21(18-3-9-24(28)10-4-18)15-22(14-20)19-5-11-25(12-6-19)31-16-26(29)30;1-3-7-12(8-4-1)14-11-15-13-9-5-2-6-10-13;3-1-2-4/h1-12,15-17,30-31H,13-14,18H2;1-15,27-28H,16H2,(H,29,30);12-13H,1-10H2;4H,1-2H2. The first-order valence-corrected chi connectivity index (χ1v) is 31.1. The van der Waals surface area contributed by atoms with Crippen LogP contribution in [0.3, 0.4) is 0 Å². The number of phenols is 4. The maximum Gasteiger partial charge on any atom is 0.344 e. The highest BCUT2D eigenvalue weighted by Gasteiger charge is 2.15. The molecule has 0 bridgehead atoms. The number of carbonyl (C=O) groups is 2. The van der Waals surface area contributed by atoms with Crippen molar-refractivity contribution in [3.8, 4) is 101 Å². The van der Waals surface area contributed by atoms with Gasteiger partial charge in [0.15, 0.2) is 13.2 Å². The second kappa shape index (κ2) is 34.2. The minimum Gasteiger partial charge on any atom is -0.508 e. The van der Waals surface area contributed by atoms with Crippen molar-refractivity contribution in [1.29, 1.82) is 0 Å². The van der Waals surface area contributed by atoms with E-state index >= 15 is 0 Å². The lowest BCUT2D eigenvalue weighted by Crippen LogP contribution is -2.15. The summed E-state index contributed by atoms with van der Waals surface area (Å²) in [6.45, 7) is 0.168. The Kier molecular flexibility index (Phi) is 26.0. The fourth-order valence-electron chi connectivity index (χ4n) is 9.46. The van der Waals surface area contributed by atoms with Gasteiger partial charge in [-0.2, -0.15) is 0 Å². The van der Waals surface area contributed by atoms with Crippen LogP contribution in [0.1, 0.15) is 64.2 Å². The van der Waals surface area contributed by atoms with Crippen molar-refractivity contribution in [2.24, 2.45) is 9.98 Å². The molecule has 0 spiro atoms. The van der Waals surface area contributed by atoms with Gasteiger partial charge < -0.3 is 44.8 Å². The van der Waals surface area contributed by atoms with Crippen LogP contribution >= 0.6 is 45.2 Å². The van der Waals surface area contributed by atoms with Crippen LogP contribution in [0, 0.1) is 0 Å². The molecule has 13 nitrogen and oxygen atoms in total. The van der Waals surface area contributed by atoms with Crippen molar-refractivity contribution >= 4 is 63.1 Å². The molecule has 84 heavy (non-hydrogen) atoms. The van der Waals surface area contributed by atoms with E-state index < -0.39 is 5.97 Å². The van der Waals surface area contributed by atoms with Crippen molar-refractivity contribution in [1.82, 2.24) is 0 Å². The quantitative estimate of drug-likeness (QED) is 0.0219. The van der Waals surface area contributed by atoms with E-state index in [1.165, 1.54) is 64.2 Å². The van der Waals surface area contributed by atoms with Gasteiger partial charge in [0.1, 0.15) is 41.1 Å². The van der Waals surface area contributed by atoms with Crippen LogP contribution in [0.25, 0.3) is 66.8 Å². The molecule has 0 heterocycles. The number of hydrogen-bond donors (Lipinski definition) is 6. The number of rotatable bonds is 17. The number of alkyl halides is 2. The van der Waals surface area contributed by atoms with Crippen molar-refractivity contribution in [2.75, 3.05) is 35.3 Å². The molecule has 2 aliphatic rings. The Labute approximate surface area is 518 Å². The molecule has 0 unspecified atom stereocenters. The lowest BCUT2D eigenvalue weighted by atomic mass is 9.93. The second-order valence-corrected chi connectivity index (χ2v) is 22.2. The molecule has 2 fully saturated rings. The number of carbonyl (C=O) groups excluding carboxylic acids is 1. The summed E-state index contributed by atoms with van der Waals surface area (Å²) in [5, 5.41) is 55.2. The maximum atomic E-state index is 11.7. The smallest absolute Gasteiger partial charge is 0.344 e. The van der Waals surface area contributed by atoms with Gasteiger partial charge in [0.2, 0.25) is 0 Å². The van der Waals surface area contributed by atoms with Crippen LogP contribution in [0.15, 0.2) is 192 Å². The van der Waals surface area contributed by atoms with Crippen molar-refractivity contribution in [3.05, 3.63) is 182 Å². The molecule has 0 radical (unpaired) electrons. The molecule has 6 N–H and O–H groups in total. The molecule has 436 valence electrons. The molecule has 8 aromatic carbocycles. The highest BCUT2D eigenvalue weighted by atomic mass is 127. The summed E-state index contributed by atoms with van der Waals surface area (Å²) in [4.78, 5) is 31.3. The zero-order valence-electron chi connectivity index (χ0n) is 46.7. The number of aliphatic imine (C=N–C) groups is 2. The Morgan fingerprint density at radius 2 is 0.690 bits per heavy atom. The number of carboxylic acid groups (broad SMARTS) is 1. The van der Waals surface area contributed by atoms with Gasteiger partial charge in [0.05, 0.1) is 24.7 Å². The number of hydrogen-bond acceptors (Lipinski definition) is 12. The van der Waals surface area contributed by atoms with E-state index in [4.69, 9.17) is 24.4 Å². The molecule has 15 heteroatoms. The van der Waals surface area contributed by atoms with Gasteiger partial charge in [-0.05, 0) is 202 Å². The summed E-state index contributed by atoms with van der Waals surface area (Å²) in [7, 11) is 0. The summed E-state index contributed by atoms with van der Waals surface area (Å²) in [5.74, 6) is 0.499. The molecule has 10 rings (SSSR count). The molecule has 0 atom stereocenters. The first kappa shape index (κ1) is 63.9. The number of aliphatic hydroxyl groups excluding tert-OH is 1. The highest BCUT2D eigenvalue weighted by Crippen LogP contribution is 2.37. The van der Waals surface area contributed by atoms with E-state index in [2.05, 4.69) is 97.6 Å². The van der Waals surface area contributed by atoms with Crippen LogP contribution in [-0.2, 0) is 14.3 Å². The van der Waals surface area contributed by atoms with Gasteiger partial charge in [-0.1, -0.05) is 157 Å². The number of aliphatic hydroxyl groups is 1. The third kappa shape index (κ3) is 21.2. The number of halogens is 2. The number of ether oxygens (including phenoxy) is 3. The number of carboxylic acids is 1. The second-order valence-electron chi connectivity index (χ2n) is 20.1. The Morgan fingerprint density at radius 1 is 0.417 bits per heavy atom. The van der Waals surface area contributed by atoms with Gasteiger partial charge in [0.25, 0.3) is 0 Å². The van der Waals surface area contributed by atoms with Crippen molar-refractivity contribution < 1.29 is 54.4 Å². The number of phenolic OH excluding ortho intramolecular Hbond substituents is 4. The van der Waals surface area contributed by atoms with E-state index in [9.17, 15) is 30.0 Å². The van der Waals surface area contributed by atoms with Crippen LogP contribution in [0.4, 0.5) is 0 Å². The van der Waals surface area contributed by atoms with Gasteiger partial charge in [-0.3, -0.25) is 0 Å². The molecular formula is C69H70I2N2O11. The average Bonchev–Trinajstić information content (AvgIpc) is 3.68. The van der Waals surface area contributed by atoms with E-state index in [0.717, 1.165) is 75.6 Å². The summed E-state index contributed by atoms with van der Waals surface area (Å²) < 4.78 is 17.4. The monoisotopic (exact) mass is 1360 g/mol. The lowest BCUT2D eigenvalue weighted by Gasteiger charge is -2.17. The zero-order valence-corrected chi connectivity index (χ0v) is 51.0. The SMILES string of the molecule is C(=NC1CCCCC1)=NC1CCCCC1.O=C(COc1ccc(-c2cc(-c3ccc(O)cc3)cc(-c3ccc(O)cc3)c2)cc1)OCCI.O=C(O)COc1ccc(-c2cc(-c3ccc(O)cc3)cc(-c3ccc(O)cc3)c2)cc1.OCCI. The Hall–Kier alpha value is -7.70. The van der Waals surface area contributed by atoms with Crippen LogP contribution in [-0.4, -0.2) is 96.0 Å². The minimum atomic E-state index is -1.02. The Bertz CT molecular complexity index is 3210. The predicted octanol–water partition coefficient (Wildman–Crippen LogP) is 16.3.